The second-order valence-electron chi connectivity index (χ2n) is 4.62. The van der Waals surface area contributed by atoms with Crippen molar-refractivity contribution in [1.82, 2.24) is 0 Å². The Kier molecular flexibility index (Phi) is 2.84. The molecule has 1 heterocycles. The average molecular weight is 302 g/mol. The topological polar surface area (TPSA) is 131 Å². The van der Waals surface area contributed by atoms with E-state index in [2.05, 4.69) is 0 Å². The van der Waals surface area contributed by atoms with Gasteiger partial charge in [0.1, 0.15) is 33.8 Å². The molecule has 7 nitrogen and oxygen atoms in total. The van der Waals surface area contributed by atoms with Gasteiger partial charge >= 0.3 is 5.63 Å². The van der Waals surface area contributed by atoms with E-state index in [9.17, 15) is 30.3 Å². The molecule has 22 heavy (non-hydrogen) atoms. The summed E-state index contributed by atoms with van der Waals surface area (Å²) in [7, 11) is 0. The van der Waals surface area contributed by atoms with E-state index in [-0.39, 0.29) is 22.3 Å². The zero-order chi connectivity index (χ0) is 16.0. The molecule has 0 aliphatic heterocycles. The molecule has 0 spiro atoms. The van der Waals surface area contributed by atoms with Crippen LogP contribution >= 0.6 is 0 Å². The number of benzene rings is 2. The maximum atomic E-state index is 12.1. The van der Waals surface area contributed by atoms with Gasteiger partial charge in [0.25, 0.3) is 0 Å². The molecule has 0 saturated heterocycles. The molecule has 3 aromatic rings. The van der Waals surface area contributed by atoms with Crippen LogP contribution < -0.4 is 5.63 Å². The van der Waals surface area contributed by atoms with Crippen LogP contribution in [0.1, 0.15) is 0 Å². The molecule has 0 fully saturated rings. The molecule has 0 aliphatic carbocycles. The normalized spacial score (nSPS) is 10.9. The molecular weight excluding hydrogens is 292 g/mol. The van der Waals surface area contributed by atoms with E-state index in [1.165, 1.54) is 18.2 Å². The number of hydrogen-bond donors (Lipinski definition) is 5. The third kappa shape index (κ3) is 1.87. The van der Waals surface area contributed by atoms with Gasteiger partial charge in [0, 0.05) is 11.6 Å². The number of aromatic hydroxyl groups is 5. The zero-order valence-electron chi connectivity index (χ0n) is 10.9. The quantitative estimate of drug-likeness (QED) is 0.264. The first-order chi connectivity index (χ1) is 10.4. The molecular formula is C15H10O7. The lowest BCUT2D eigenvalue weighted by Gasteiger charge is -2.10. The lowest BCUT2D eigenvalue weighted by molar-refractivity contribution is 0.396. The fraction of sp³-hybridized carbons (Fsp3) is 0. The number of fused-ring (bicyclic) bond motifs is 1. The van der Waals surface area contributed by atoms with Gasteiger partial charge in [-0.15, -0.1) is 0 Å². The summed E-state index contributed by atoms with van der Waals surface area (Å²) < 4.78 is 5.00. The Morgan fingerprint density at radius 2 is 1.50 bits per heavy atom. The number of rotatable bonds is 1. The van der Waals surface area contributed by atoms with Crippen LogP contribution in [-0.2, 0) is 0 Å². The Labute approximate surface area is 122 Å². The van der Waals surface area contributed by atoms with E-state index in [1.54, 1.807) is 0 Å². The Morgan fingerprint density at radius 3 is 2.23 bits per heavy atom. The van der Waals surface area contributed by atoms with Crippen LogP contribution in [0, 0.1) is 0 Å². The van der Waals surface area contributed by atoms with Gasteiger partial charge in [-0.25, -0.2) is 4.79 Å². The molecule has 0 amide bonds. The van der Waals surface area contributed by atoms with Crippen LogP contribution in [0.3, 0.4) is 0 Å². The number of phenols is 4. The molecule has 1 aromatic heterocycles. The van der Waals surface area contributed by atoms with Gasteiger partial charge in [-0.05, 0) is 18.2 Å². The molecule has 7 heteroatoms. The lowest BCUT2D eigenvalue weighted by Crippen LogP contribution is -2.04. The highest BCUT2D eigenvalue weighted by atomic mass is 16.4. The summed E-state index contributed by atoms with van der Waals surface area (Å²) in [6.07, 6.45) is 0. The van der Waals surface area contributed by atoms with Crippen LogP contribution in [0.4, 0.5) is 0 Å². The van der Waals surface area contributed by atoms with Crippen LogP contribution in [-0.4, -0.2) is 25.5 Å². The molecule has 0 aliphatic rings. The lowest BCUT2D eigenvalue weighted by atomic mass is 10.0. The highest BCUT2D eigenvalue weighted by Gasteiger charge is 2.22. The summed E-state index contributed by atoms with van der Waals surface area (Å²) in [5.41, 5.74) is -1.70. The van der Waals surface area contributed by atoms with Crippen molar-refractivity contribution in [3.05, 3.63) is 40.8 Å². The number of hydrogen-bond acceptors (Lipinski definition) is 7. The molecule has 0 saturated carbocycles. The van der Waals surface area contributed by atoms with Crippen molar-refractivity contribution in [3.8, 4) is 39.9 Å². The predicted molar refractivity (Wildman–Crippen MR) is 76.2 cm³/mol. The summed E-state index contributed by atoms with van der Waals surface area (Å²) in [5.74, 6) is -2.65. The summed E-state index contributed by atoms with van der Waals surface area (Å²) in [4.78, 5) is 12.1. The highest BCUT2D eigenvalue weighted by molar-refractivity contribution is 5.95. The zero-order valence-corrected chi connectivity index (χ0v) is 10.9. The Morgan fingerprint density at radius 1 is 0.818 bits per heavy atom. The van der Waals surface area contributed by atoms with E-state index < -0.39 is 34.2 Å². The predicted octanol–water partition coefficient (Wildman–Crippen LogP) is 1.99. The smallest absolute Gasteiger partial charge is 0.348 e. The minimum absolute atomic E-state index is 0.0336. The van der Waals surface area contributed by atoms with Crippen molar-refractivity contribution in [2.75, 3.05) is 0 Å². The molecule has 2 aromatic carbocycles. The highest BCUT2D eigenvalue weighted by Crippen LogP contribution is 2.43. The third-order valence-corrected chi connectivity index (χ3v) is 3.25. The van der Waals surface area contributed by atoms with Crippen molar-refractivity contribution in [3.63, 3.8) is 0 Å². The van der Waals surface area contributed by atoms with E-state index in [0.717, 1.165) is 12.1 Å². The van der Waals surface area contributed by atoms with Gasteiger partial charge in [0.05, 0.1) is 0 Å². The van der Waals surface area contributed by atoms with Crippen molar-refractivity contribution < 1.29 is 29.9 Å². The molecule has 5 N–H and O–H groups in total. The summed E-state index contributed by atoms with van der Waals surface area (Å²) in [5, 5.41) is 48.6. The van der Waals surface area contributed by atoms with E-state index >= 15 is 0 Å². The van der Waals surface area contributed by atoms with Gasteiger partial charge in [-0.3, -0.25) is 0 Å². The molecule has 0 bridgehead atoms. The fourth-order valence-corrected chi connectivity index (χ4v) is 2.22. The Hall–Kier alpha value is -3.35. The van der Waals surface area contributed by atoms with Gasteiger partial charge < -0.3 is 29.9 Å². The largest absolute Gasteiger partial charge is 0.507 e. The van der Waals surface area contributed by atoms with Crippen LogP contribution in [0.15, 0.2) is 39.5 Å². The van der Waals surface area contributed by atoms with Crippen LogP contribution in [0.2, 0.25) is 0 Å². The van der Waals surface area contributed by atoms with Crippen molar-refractivity contribution in [2.45, 2.75) is 0 Å². The number of phenolic OH excluding ortho intramolecular Hbond substituents is 4. The van der Waals surface area contributed by atoms with Gasteiger partial charge in [-0.2, -0.15) is 0 Å². The molecule has 3 rings (SSSR count). The first-order valence-electron chi connectivity index (χ1n) is 6.13. The van der Waals surface area contributed by atoms with E-state index in [4.69, 9.17) is 4.42 Å². The second-order valence-corrected chi connectivity index (χ2v) is 4.62. The third-order valence-electron chi connectivity index (χ3n) is 3.25. The molecule has 112 valence electrons. The summed E-state index contributed by atoms with van der Waals surface area (Å²) in [6, 6.07) is 5.83. The Balaban J connectivity index is 2.44. The first-order valence-corrected chi connectivity index (χ1v) is 6.13. The van der Waals surface area contributed by atoms with Crippen molar-refractivity contribution in [1.29, 1.82) is 0 Å². The minimum atomic E-state index is -0.976. The monoisotopic (exact) mass is 302 g/mol. The van der Waals surface area contributed by atoms with Crippen molar-refractivity contribution >= 4 is 11.0 Å². The maximum Gasteiger partial charge on any atom is 0.348 e. The van der Waals surface area contributed by atoms with Crippen LogP contribution in [0.5, 0.6) is 28.7 Å². The van der Waals surface area contributed by atoms with E-state index in [1.807, 2.05) is 0 Å². The summed E-state index contributed by atoms with van der Waals surface area (Å²) in [6.45, 7) is 0. The van der Waals surface area contributed by atoms with E-state index in [0.29, 0.717) is 0 Å². The first kappa shape index (κ1) is 13.6. The van der Waals surface area contributed by atoms with Crippen LogP contribution in [0.25, 0.3) is 22.1 Å². The standard InChI is InChI=1S/C15H10O7/c16-7-2-1-3-11-13(7)14(20)12(15(21)22-11)6-4-9(18)10(19)5-8(6)17/h1-5,16-20H. The Bertz CT molecular complexity index is 956. The van der Waals surface area contributed by atoms with Gasteiger partial charge in [0.15, 0.2) is 11.5 Å². The molecule has 0 radical (unpaired) electrons. The average Bonchev–Trinajstić information content (AvgIpc) is 2.44. The van der Waals surface area contributed by atoms with Gasteiger partial charge in [0.2, 0.25) is 0 Å². The summed E-state index contributed by atoms with van der Waals surface area (Å²) >= 11 is 0. The maximum absolute atomic E-state index is 12.1. The SMILES string of the molecule is O=c1oc2cccc(O)c2c(O)c1-c1cc(O)c(O)cc1O. The minimum Gasteiger partial charge on any atom is -0.507 e. The molecule has 0 unspecified atom stereocenters. The fourth-order valence-electron chi connectivity index (χ4n) is 2.22. The molecule has 0 atom stereocenters. The second kappa shape index (κ2) is 4.59. The van der Waals surface area contributed by atoms with Crippen molar-refractivity contribution in [2.24, 2.45) is 0 Å². The van der Waals surface area contributed by atoms with Gasteiger partial charge in [-0.1, -0.05) is 6.07 Å².